The second kappa shape index (κ2) is 12.2. The Morgan fingerprint density at radius 3 is 2.39 bits per heavy atom. The van der Waals surface area contributed by atoms with Gasteiger partial charge in [0.15, 0.2) is 0 Å². The Hall–Kier alpha value is -2.39. The number of anilines is 1. The third-order valence-electron chi connectivity index (χ3n) is 6.66. The van der Waals surface area contributed by atoms with E-state index < -0.39 is 28.5 Å². The summed E-state index contributed by atoms with van der Waals surface area (Å²) < 4.78 is 27.4. The molecule has 7 nitrogen and oxygen atoms in total. The van der Waals surface area contributed by atoms with Crippen LogP contribution >= 0.6 is 15.9 Å². The summed E-state index contributed by atoms with van der Waals surface area (Å²) in [6.45, 7) is 5.34. The number of carbonyl (C=O) groups excluding carboxylic acids is 2. The fourth-order valence-corrected chi connectivity index (χ4v) is 5.64. The van der Waals surface area contributed by atoms with Crippen LogP contribution in [0, 0.1) is 13.8 Å². The van der Waals surface area contributed by atoms with Gasteiger partial charge in [0.2, 0.25) is 21.8 Å². The van der Waals surface area contributed by atoms with Gasteiger partial charge in [0.1, 0.15) is 12.6 Å². The molecule has 1 N–H and O–H groups in total. The van der Waals surface area contributed by atoms with Crippen molar-refractivity contribution in [1.29, 1.82) is 0 Å². The van der Waals surface area contributed by atoms with Gasteiger partial charge >= 0.3 is 0 Å². The molecule has 1 aliphatic rings. The van der Waals surface area contributed by atoms with Crippen LogP contribution in [0.25, 0.3) is 0 Å². The topological polar surface area (TPSA) is 86.8 Å². The van der Waals surface area contributed by atoms with Crippen molar-refractivity contribution in [3.63, 3.8) is 0 Å². The molecule has 36 heavy (non-hydrogen) atoms. The van der Waals surface area contributed by atoms with E-state index in [-0.39, 0.29) is 18.5 Å². The summed E-state index contributed by atoms with van der Waals surface area (Å²) >= 11 is 3.43. The van der Waals surface area contributed by atoms with E-state index in [4.69, 9.17) is 0 Å². The zero-order valence-electron chi connectivity index (χ0n) is 21.5. The first kappa shape index (κ1) is 28.2. The molecule has 0 radical (unpaired) electrons. The maximum Gasteiger partial charge on any atom is 0.244 e. The van der Waals surface area contributed by atoms with Gasteiger partial charge in [0.25, 0.3) is 0 Å². The van der Waals surface area contributed by atoms with Crippen LogP contribution in [-0.2, 0) is 26.2 Å². The average molecular weight is 579 g/mol. The maximum absolute atomic E-state index is 13.7. The number of halogens is 1. The predicted octanol–water partition coefficient (Wildman–Crippen LogP) is 4.70. The third kappa shape index (κ3) is 7.56. The zero-order chi connectivity index (χ0) is 26.5. The Balaban J connectivity index is 1.88. The monoisotopic (exact) mass is 577 g/mol. The van der Waals surface area contributed by atoms with E-state index in [1.54, 1.807) is 25.1 Å². The van der Waals surface area contributed by atoms with Crippen molar-refractivity contribution in [1.82, 2.24) is 10.2 Å². The lowest BCUT2D eigenvalue weighted by Crippen LogP contribution is -2.53. The molecule has 1 fully saturated rings. The highest BCUT2D eigenvalue weighted by molar-refractivity contribution is 9.10. The van der Waals surface area contributed by atoms with Crippen molar-refractivity contribution >= 4 is 43.5 Å². The van der Waals surface area contributed by atoms with Crippen LogP contribution in [0.2, 0.25) is 0 Å². The van der Waals surface area contributed by atoms with Crippen LogP contribution in [0.4, 0.5) is 5.69 Å². The molecule has 196 valence electrons. The van der Waals surface area contributed by atoms with E-state index in [2.05, 4.69) is 21.2 Å². The van der Waals surface area contributed by atoms with Gasteiger partial charge in [0, 0.05) is 17.1 Å². The molecule has 1 aliphatic carbocycles. The van der Waals surface area contributed by atoms with E-state index in [0.717, 1.165) is 57.4 Å². The van der Waals surface area contributed by atoms with Gasteiger partial charge in [-0.25, -0.2) is 8.42 Å². The Labute approximate surface area is 223 Å². The number of nitrogens with zero attached hydrogens (tertiary/aromatic N) is 2. The minimum Gasteiger partial charge on any atom is -0.352 e. The van der Waals surface area contributed by atoms with Gasteiger partial charge in [-0.05, 0) is 62.9 Å². The fraction of sp³-hybridized carbons (Fsp3) is 0.481. The lowest BCUT2D eigenvalue weighted by Gasteiger charge is -2.33. The Bertz CT molecular complexity index is 1200. The molecule has 0 heterocycles. The van der Waals surface area contributed by atoms with Crippen molar-refractivity contribution in [2.45, 2.75) is 71.5 Å². The molecule has 9 heteroatoms. The average Bonchev–Trinajstić information content (AvgIpc) is 2.82. The molecule has 2 aromatic carbocycles. The molecule has 0 spiro atoms. The third-order valence-corrected chi connectivity index (χ3v) is 8.69. The van der Waals surface area contributed by atoms with Crippen LogP contribution in [0.1, 0.15) is 55.7 Å². The standard InChI is InChI=1S/C27H36BrN3O4S/c1-19-9-8-10-22(15-19)17-30(21(3)27(33)29-23-11-6-5-7-12-23)26(32)18-31(36(4,34)35)24-13-14-25(28)20(2)16-24/h8-10,13-16,21,23H,5-7,11-12,17-18H2,1-4H3,(H,29,33). The van der Waals surface area contributed by atoms with E-state index in [1.165, 1.54) is 11.3 Å². The minimum absolute atomic E-state index is 0.114. The molecular weight excluding hydrogens is 542 g/mol. The van der Waals surface area contributed by atoms with E-state index >= 15 is 0 Å². The number of hydrogen-bond acceptors (Lipinski definition) is 4. The van der Waals surface area contributed by atoms with Crippen LogP contribution in [0.15, 0.2) is 46.9 Å². The van der Waals surface area contributed by atoms with Crippen molar-refractivity contribution in [3.8, 4) is 0 Å². The van der Waals surface area contributed by atoms with Gasteiger partial charge in [0.05, 0.1) is 11.9 Å². The van der Waals surface area contributed by atoms with Crippen molar-refractivity contribution in [2.24, 2.45) is 0 Å². The number of aryl methyl sites for hydroxylation is 2. The first-order chi connectivity index (χ1) is 17.0. The molecule has 0 saturated heterocycles. The lowest BCUT2D eigenvalue weighted by molar-refractivity contribution is -0.139. The number of benzene rings is 2. The Kier molecular flexibility index (Phi) is 9.58. The molecule has 2 aromatic rings. The highest BCUT2D eigenvalue weighted by Gasteiger charge is 2.31. The van der Waals surface area contributed by atoms with Gasteiger partial charge in [-0.2, -0.15) is 0 Å². The maximum atomic E-state index is 13.7. The summed E-state index contributed by atoms with van der Waals surface area (Å²) in [7, 11) is -3.75. The highest BCUT2D eigenvalue weighted by atomic mass is 79.9. The van der Waals surface area contributed by atoms with Crippen LogP contribution in [0.5, 0.6) is 0 Å². The van der Waals surface area contributed by atoms with Crippen molar-refractivity contribution < 1.29 is 18.0 Å². The molecule has 3 rings (SSSR count). The molecule has 1 unspecified atom stereocenters. The molecule has 0 bridgehead atoms. The van der Waals surface area contributed by atoms with E-state index in [9.17, 15) is 18.0 Å². The van der Waals surface area contributed by atoms with Crippen LogP contribution in [0.3, 0.4) is 0 Å². The second-order valence-electron chi connectivity index (χ2n) is 9.73. The molecule has 1 atom stereocenters. The zero-order valence-corrected chi connectivity index (χ0v) is 23.9. The van der Waals surface area contributed by atoms with Crippen molar-refractivity contribution in [2.75, 3.05) is 17.1 Å². The Morgan fingerprint density at radius 1 is 1.08 bits per heavy atom. The SMILES string of the molecule is Cc1cccc(CN(C(=O)CN(c2ccc(Br)c(C)c2)S(C)(=O)=O)C(C)C(=O)NC2CCCCC2)c1. The summed E-state index contributed by atoms with van der Waals surface area (Å²) in [6, 6.07) is 12.3. The van der Waals surface area contributed by atoms with Crippen LogP contribution in [-0.4, -0.2) is 50.0 Å². The quantitative estimate of drug-likeness (QED) is 0.468. The van der Waals surface area contributed by atoms with Gasteiger partial charge < -0.3 is 10.2 Å². The summed E-state index contributed by atoms with van der Waals surface area (Å²) in [5, 5.41) is 3.11. The van der Waals surface area contributed by atoms with E-state index in [0.29, 0.717) is 5.69 Å². The van der Waals surface area contributed by atoms with Gasteiger partial charge in [-0.15, -0.1) is 0 Å². The second-order valence-corrected chi connectivity index (χ2v) is 12.5. The largest absolute Gasteiger partial charge is 0.352 e. The number of sulfonamides is 1. The van der Waals surface area contributed by atoms with Gasteiger partial charge in [-0.1, -0.05) is 65.0 Å². The highest BCUT2D eigenvalue weighted by Crippen LogP contribution is 2.25. The molecule has 0 aliphatic heterocycles. The number of rotatable bonds is 9. The summed E-state index contributed by atoms with van der Waals surface area (Å²) in [6.07, 6.45) is 6.31. The first-order valence-electron chi connectivity index (χ1n) is 12.3. The summed E-state index contributed by atoms with van der Waals surface area (Å²) in [4.78, 5) is 28.4. The number of hydrogen-bond donors (Lipinski definition) is 1. The predicted molar refractivity (Wildman–Crippen MR) is 147 cm³/mol. The minimum atomic E-state index is -3.75. The van der Waals surface area contributed by atoms with Crippen molar-refractivity contribution in [3.05, 3.63) is 63.6 Å². The normalized spacial score (nSPS) is 15.2. The Morgan fingerprint density at radius 2 is 1.78 bits per heavy atom. The molecule has 2 amide bonds. The molecule has 1 saturated carbocycles. The number of amides is 2. The number of nitrogens with one attached hydrogen (secondary N) is 1. The van der Waals surface area contributed by atoms with Crippen LogP contribution < -0.4 is 9.62 Å². The fourth-order valence-electron chi connectivity index (χ4n) is 4.56. The van der Waals surface area contributed by atoms with Gasteiger partial charge in [-0.3, -0.25) is 13.9 Å². The smallest absolute Gasteiger partial charge is 0.244 e. The van der Waals surface area contributed by atoms with E-state index in [1.807, 2.05) is 38.1 Å². The molecular formula is C27H36BrN3O4S. The summed E-state index contributed by atoms with van der Waals surface area (Å²) in [5.74, 6) is -0.651. The number of carbonyl (C=O) groups is 2. The molecule has 0 aromatic heterocycles. The lowest BCUT2D eigenvalue weighted by atomic mass is 9.95. The first-order valence-corrected chi connectivity index (χ1v) is 15.0. The summed E-state index contributed by atoms with van der Waals surface area (Å²) in [5.41, 5.74) is 3.18.